The van der Waals surface area contributed by atoms with E-state index >= 15 is 0 Å². The van der Waals surface area contributed by atoms with Crippen LogP contribution in [0.1, 0.15) is 17.5 Å². The van der Waals surface area contributed by atoms with E-state index in [9.17, 15) is 0 Å². The predicted molar refractivity (Wildman–Crippen MR) is 80.2 cm³/mol. The van der Waals surface area contributed by atoms with Crippen molar-refractivity contribution in [2.24, 2.45) is 5.73 Å². The summed E-state index contributed by atoms with van der Waals surface area (Å²) in [5.74, 6) is 0.998. The minimum absolute atomic E-state index is 0.534. The molecule has 0 unspecified atom stereocenters. The molecule has 1 aromatic heterocycles. The van der Waals surface area contributed by atoms with E-state index in [-0.39, 0.29) is 0 Å². The summed E-state index contributed by atoms with van der Waals surface area (Å²) in [6.07, 6.45) is 4.03. The third-order valence-corrected chi connectivity index (χ3v) is 3.25. The molecule has 0 saturated carbocycles. The van der Waals surface area contributed by atoms with Crippen LogP contribution in [0.2, 0.25) is 0 Å². The standard InChI is InChI=1S/C16H21N3/c1-19(16-15(13-17)10-5-11-18-16)12-6-9-14-7-3-2-4-8-14/h2-5,7-8,10-11H,6,9,12-13,17H2,1H3. The molecule has 0 amide bonds. The molecule has 3 nitrogen and oxygen atoms in total. The maximum Gasteiger partial charge on any atom is 0.132 e. The number of pyridine rings is 1. The summed E-state index contributed by atoms with van der Waals surface area (Å²) in [6, 6.07) is 14.5. The van der Waals surface area contributed by atoms with E-state index in [1.807, 2.05) is 18.3 Å². The summed E-state index contributed by atoms with van der Waals surface area (Å²) in [6.45, 7) is 1.52. The molecule has 100 valence electrons. The van der Waals surface area contributed by atoms with Crippen LogP contribution in [0.3, 0.4) is 0 Å². The fraction of sp³-hybridized carbons (Fsp3) is 0.312. The van der Waals surface area contributed by atoms with E-state index in [0.717, 1.165) is 30.8 Å². The predicted octanol–water partition coefficient (Wildman–Crippen LogP) is 2.61. The Kier molecular flexibility index (Phi) is 4.93. The maximum atomic E-state index is 5.74. The van der Waals surface area contributed by atoms with Crippen LogP contribution in [0.25, 0.3) is 0 Å². The Balaban J connectivity index is 1.89. The Labute approximate surface area is 115 Å². The van der Waals surface area contributed by atoms with Crippen LogP contribution in [-0.4, -0.2) is 18.6 Å². The Morgan fingerprint density at radius 2 is 1.89 bits per heavy atom. The number of nitrogens with zero attached hydrogens (tertiary/aromatic N) is 2. The van der Waals surface area contributed by atoms with Crippen LogP contribution in [0.5, 0.6) is 0 Å². The number of rotatable bonds is 6. The lowest BCUT2D eigenvalue weighted by atomic mass is 10.1. The molecule has 19 heavy (non-hydrogen) atoms. The lowest BCUT2D eigenvalue weighted by Gasteiger charge is -2.20. The number of hydrogen-bond acceptors (Lipinski definition) is 3. The molecule has 0 aliphatic rings. The summed E-state index contributed by atoms with van der Waals surface area (Å²) in [4.78, 5) is 6.61. The summed E-state index contributed by atoms with van der Waals surface area (Å²) in [5.41, 5.74) is 8.23. The van der Waals surface area contributed by atoms with Crippen LogP contribution in [0.15, 0.2) is 48.7 Å². The van der Waals surface area contributed by atoms with Crippen molar-refractivity contribution in [3.63, 3.8) is 0 Å². The average Bonchev–Trinajstić information content (AvgIpc) is 2.48. The van der Waals surface area contributed by atoms with Crippen molar-refractivity contribution in [1.82, 2.24) is 4.98 Å². The van der Waals surface area contributed by atoms with Gasteiger partial charge in [0.05, 0.1) is 0 Å². The van der Waals surface area contributed by atoms with Gasteiger partial charge in [-0.05, 0) is 24.5 Å². The van der Waals surface area contributed by atoms with Crippen LogP contribution in [0, 0.1) is 0 Å². The minimum Gasteiger partial charge on any atom is -0.359 e. The van der Waals surface area contributed by atoms with Crippen molar-refractivity contribution in [2.45, 2.75) is 19.4 Å². The quantitative estimate of drug-likeness (QED) is 0.862. The zero-order valence-electron chi connectivity index (χ0n) is 11.4. The van der Waals surface area contributed by atoms with E-state index in [2.05, 4.69) is 47.3 Å². The molecule has 1 aromatic carbocycles. The van der Waals surface area contributed by atoms with Gasteiger partial charge in [0.1, 0.15) is 5.82 Å². The van der Waals surface area contributed by atoms with E-state index in [0.29, 0.717) is 6.54 Å². The Morgan fingerprint density at radius 1 is 1.11 bits per heavy atom. The fourth-order valence-electron chi connectivity index (χ4n) is 2.20. The Hall–Kier alpha value is -1.87. The number of nitrogens with two attached hydrogens (primary N) is 1. The molecule has 2 N–H and O–H groups in total. The molecule has 0 aliphatic heterocycles. The third-order valence-electron chi connectivity index (χ3n) is 3.25. The van der Waals surface area contributed by atoms with Gasteiger partial charge in [-0.25, -0.2) is 4.98 Å². The van der Waals surface area contributed by atoms with Gasteiger partial charge in [0.25, 0.3) is 0 Å². The SMILES string of the molecule is CN(CCCc1ccccc1)c1ncccc1CN. The van der Waals surface area contributed by atoms with Crippen LogP contribution >= 0.6 is 0 Å². The van der Waals surface area contributed by atoms with Crippen LogP contribution < -0.4 is 10.6 Å². The summed E-state index contributed by atoms with van der Waals surface area (Å²) in [5, 5.41) is 0. The normalized spacial score (nSPS) is 10.4. The van der Waals surface area contributed by atoms with Gasteiger partial charge in [0.2, 0.25) is 0 Å². The molecule has 1 heterocycles. The zero-order valence-corrected chi connectivity index (χ0v) is 11.4. The van der Waals surface area contributed by atoms with E-state index < -0.39 is 0 Å². The van der Waals surface area contributed by atoms with Gasteiger partial charge in [-0.3, -0.25) is 0 Å². The molecule has 3 heteroatoms. The highest BCUT2D eigenvalue weighted by Crippen LogP contribution is 2.15. The number of aromatic nitrogens is 1. The van der Waals surface area contributed by atoms with Gasteiger partial charge < -0.3 is 10.6 Å². The molecular weight excluding hydrogens is 234 g/mol. The second kappa shape index (κ2) is 6.90. The zero-order chi connectivity index (χ0) is 13.5. The van der Waals surface area contributed by atoms with Gasteiger partial charge in [0, 0.05) is 31.9 Å². The molecule has 0 atom stereocenters. The molecule has 2 aromatic rings. The Bertz CT molecular complexity index is 496. The number of hydrogen-bond donors (Lipinski definition) is 1. The first-order valence-electron chi connectivity index (χ1n) is 6.70. The van der Waals surface area contributed by atoms with E-state index in [1.54, 1.807) is 0 Å². The van der Waals surface area contributed by atoms with E-state index in [4.69, 9.17) is 5.73 Å². The smallest absolute Gasteiger partial charge is 0.132 e. The fourth-order valence-corrected chi connectivity index (χ4v) is 2.20. The molecule has 0 radical (unpaired) electrons. The maximum absolute atomic E-state index is 5.74. The number of aryl methyl sites for hydroxylation is 1. The van der Waals surface area contributed by atoms with Crippen molar-refractivity contribution < 1.29 is 0 Å². The lowest BCUT2D eigenvalue weighted by molar-refractivity contribution is 0.772. The second-order valence-electron chi connectivity index (χ2n) is 4.70. The summed E-state index contributed by atoms with van der Waals surface area (Å²) in [7, 11) is 2.08. The number of anilines is 1. The molecule has 0 aliphatic carbocycles. The molecule has 0 spiro atoms. The first kappa shape index (κ1) is 13.6. The second-order valence-corrected chi connectivity index (χ2v) is 4.70. The molecule has 2 rings (SSSR count). The summed E-state index contributed by atoms with van der Waals surface area (Å²) >= 11 is 0. The van der Waals surface area contributed by atoms with Gasteiger partial charge in [-0.15, -0.1) is 0 Å². The minimum atomic E-state index is 0.534. The lowest BCUT2D eigenvalue weighted by Crippen LogP contribution is -2.22. The third kappa shape index (κ3) is 3.80. The van der Waals surface area contributed by atoms with Crippen molar-refractivity contribution in [1.29, 1.82) is 0 Å². The molecular formula is C16H21N3. The van der Waals surface area contributed by atoms with Crippen molar-refractivity contribution in [2.75, 3.05) is 18.5 Å². The molecule has 0 saturated heterocycles. The highest BCUT2D eigenvalue weighted by molar-refractivity contribution is 5.45. The van der Waals surface area contributed by atoms with Crippen LogP contribution in [0.4, 0.5) is 5.82 Å². The van der Waals surface area contributed by atoms with Gasteiger partial charge >= 0.3 is 0 Å². The van der Waals surface area contributed by atoms with Gasteiger partial charge in [-0.1, -0.05) is 36.4 Å². The van der Waals surface area contributed by atoms with Crippen molar-refractivity contribution >= 4 is 5.82 Å². The molecule has 0 bridgehead atoms. The largest absolute Gasteiger partial charge is 0.359 e. The Morgan fingerprint density at radius 3 is 2.63 bits per heavy atom. The monoisotopic (exact) mass is 255 g/mol. The van der Waals surface area contributed by atoms with Gasteiger partial charge in [0.15, 0.2) is 0 Å². The first-order valence-corrected chi connectivity index (χ1v) is 6.70. The topological polar surface area (TPSA) is 42.2 Å². The van der Waals surface area contributed by atoms with Crippen molar-refractivity contribution in [3.05, 3.63) is 59.8 Å². The van der Waals surface area contributed by atoms with Crippen LogP contribution in [-0.2, 0) is 13.0 Å². The van der Waals surface area contributed by atoms with E-state index in [1.165, 1.54) is 5.56 Å². The number of benzene rings is 1. The molecule has 0 fully saturated rings. The van der Waals surface area contributed by atoms with Gasteiger partial charge in [-0.2, -0.15) is 0 Å². The average molecular weight is 255 g/mol. The summed E-state index contributed by atoms with van der Waals surface area (Å²) < 4.78 is 0. The van der Waals surface area contributed by atoms with Crippen molar-refractivity contribution in [3.8, 4) is 0 Å². The highest BCUT2D eigenvalue weighted by Gasteiger charge is 2.06. The first-order chi connectivity index (χ1) is 9.31. The highest BCUT2D eigenvalue weighted by atomic mass is 15.2.